The number of amides is 3. The van der Waals surface area contributed by atoms with Crippen molar-refractivity contribution < 1.29 is 19.1 Å². The van der Waals surface area contributed by atoms with Crippen LogP contribution >= 0.6 is 0 Å². The van der Waals surface area contributed by atoms with Crippen molar-refractivity contribution in [3.63, 3.8) is 0 Å². The number of rotatable bonds is 4. The monoisotopic (exact) mass is 393 g/mol. The number of methoxy groups -OCH3 is 1. The first-order valence-corrected chi connectivity index (χ1v) is 9.65. The van der Waals surface area contributed by atoms with Crippen molar-refractivity contribution in [2.75, 3.05) is 26.7 Å². The molecule has 7 nitrogen and oxygen atoms in total. The second-order valence-electron chi connectivity index (χ2n) is 7.28. The van der Waals surface area contributed by atoms with E-state index in [-0.39, 0.29) is 24.3 Å². The van der Waals surface area contributed by atoms with E-state index in [1.54, 1.807) is 29.0 Å². The Hall–Kier alpha value is -3.35. The van der Waals surface area contributed by atoms with E-state index < -0.39 is 12.1 Å². The molecule has 0 unspecified atom stereocenters. The summed E-state index contributed by atoms with van der Waals surface area (Å²) in [5, 5.41) is 2.84. The van der Waals surface area contributed by atoms with E-state index in [1.807, 2.05) is 42.5 Å². The third-order valence-corrected chi connectivity index (χ3v) is 5.49. The van der Waals surface area contributed by atoms with Crippen LogP contribution in [0.2, 0.25) is 0 Å². The maximum atomic E-state index is 13.0. The fourth-order valence-electron chi connectivity index (χ4n) is 3.88. The summed E-state index contributed by atoms with van der Waals surface area (Å²) in [5.41, 5.74) is 1.53. The molecule has 1 N–H and O–H groups in total. The molecule has 2 heterocycles. The fourth-order valence-corrected chi connectivity index (χ4v) is 3.88. The van der Waals surface area contributed by atoms with E-state index in [4.69, 9.17) is 4.74 Å². The number of nitrogens with zero attached hydrogens (tertiary/aromatic N) is 2. The fraction of sp³-hybridized carbons (Fsp3) is 0.318. The maximum absolute atomic E-state index is 13.0. The highest BCUT2D eigenvalue weighted by Gasteiger charge is 2.44. The normalized spacial score (nSPS) is 21.4. The van der Waals surface area contributed by atoms with Crippen LogP contribution in [0.4, 0.5) is 0 Å². The van der Waals surface area contributed by atoms with E-state index >= 15 is 0 Å². The molecule has 0 aromatic heterocycles. The van der Waals surface area contributed by atoms with E-state index in [0.717, 1.165) is 11.3 Å². The number of hydrogen-bond donors (Lipinski definition) is 1. The largest absolute Gasteiger partial charge is 0.497 e. The zero-order valence-corrected chi connectivity index (χ0v) is 16.2. The van der Waals surface area contributed by atoms with Crippen molar-refractivity contribution in [1.82, 2.24) is 15.1 Å². The van der Waals surface area contributed by atoms with E-state index in [9.17, 15) is 14.4 Å². The van der Waals surface area contributed by atoms with Gasteiger partial charge in [-0.3, -0.25) is 14.4 Å². The summed E-state index contributed by atoms with van der Waals surface area (Å²) in [6.07, 6.45) is 0.421. The first-order chi connectivity index (χ1) is 14.1. The number of carbonyl (C=O) groups excluding carboxylic acids is 3. The van der Waals surface area contributed by atoms with Gasteiger partial charge in [-0.05, 0) is 29.8 Å². The molecule has 0 spiro atoms. The second-order valence-corrected chi connectivity index (χ2v) is 7.28. The average Bonchev–Trinajstić information content (AvgIpc) is 2.77. The summed E-state index contributed by atoms with van der Waals surface area (Å²) in [6, 6.07) is 15.2. The number of nitrogens with one attached hydrogen (secondary N) is 1. The maximum Gasteiger partial charge on any atom is 0.253 e. The molecular weight excluding hydrogens is 370 g/mol. The van der Waals surface area contributed by atoms with Crippen molar-refractivity contribution in [2.24, 2.45) is 0 Å². The van der Waals surface area contributed by atoms with Crippen LogP contribution in [0.25, 0.3) is 0 Å². The molecule has 7 heteroatoms. The van der Waals surface area contributed by atoms with Gasteiger partial charge in [-0.25, -0.2) is 0 Å². The molecule has 0 radical (unpaired) electrons. The van der Waals surface area contributed by atoms with Gasteiger partial charge in [0.15, 0.2) is 0 Å². The summed E-state index contributed by atoms with van der Waals surface area (Å²) < 4.78 is 5.15. The van der Waals surface area contributed by atoms with Gasteiger partial charge < -0.3 is 19.9 Å². The standard InChI is InChI=1S/C22H23N3O4/c1-29-17-9-7-15(8-10-17)13-18-22(28)25-12-11-24(14-19(25)20(26)23-18)21(27)16-5-3-2-4-6-16/h2-10,18-19H,11-14H2,1H3,(H,23,26)/t18-,19+/m0/s1. The predicted molar refractivity (Wildman–Crippen MR) is 106 cm³/mol. The Morgan fingerprint density at radius 1 is 1.07 bits per heavy atom. The highest BCUT2D eigenvalue weighted by molar-refractivity contribution is 5.99. The van der Waals surface area contributed by atoms with Gasteiger partial charge in [0.05, 0.1) is 13.7 Å². The molecule has 29 heavy (non-hydrogen) atoms. The van der Waals surface area contributed by atoms with Crippen molar-refractivity contribution >= 4 is 17.7 Å². The zero-order chi connectivity index (χ0) is 20.4. The Morgan fingerprint density at radius 2 is 1.79 bits per heavy atom. The van der Waals surface area contributed by atoms with Crippen molar-refractivity contribution in [2.45, 2.75) is 18.5 Å². The molecule has 0 aliphatic carbocycles. The van der Waals surface area contributed by atoms with Crippen LogP contribution in [0, 0.1) is 0 Å². The molecule has 2 fully saturated rings. The number of benzene rings is 2. The minimum absolute atomic E-state index is 0.0998. The van der Waals surface area contributed by atoms with Crippen LogP contribution in [-0.2, 0) is 16.0 Å². The quantitative estimate of drug-likeness (QED) is 0.844. The molecule has 0 bridgehead atoms. The van der Waals surface area contributed by atoms with Crippen LogP contribution in [0.3, 0.4) is 0 Å². The van der Waals surface area contributed by atoms with Crippen LogP contribution in [-0.4, -0.2) is 66.3 Å². The first-order valence-electron chi connectivity index (χ1n) is 9.65. The molecule has 2 aromatic rings. The van der Waals surface area contributed by atoms with Crippen LogP contribution in [0.5, 0.6) is 5.75 Å². The Bertz CT molecular complexity index is 913. The summed E-state index contributed by atoms with van der Waals surface area (Å²) in [5.74, 6) is 0.309. The zero-order valence-electron chi connectivity index (χ0n) is 16.2. The molecule has 0 saturated carbocycles. The lowest BCUT2D eigenvalue weighted by molar-refractivity contribution is -0.152. The van der Waals surface area contributed by atoms with E-state index in [1.165, 1.54) is 0 Å². The minimum Gasteiger partial charge on any atom is -0.497 e. The number of carbonyl (C=O) groups is 3. The molecular formula is C22H23N3O4. The van der Waals surface area contributed by atoms with Crippen LogP contribution < -0.4 is 10.1 Å². The van der Waals surface area contributed by atoms with E-state index in [2.05, 4.69) is 5.32 Å². The number of fused-ring (bicyclic) bond motifs is 1. The van der Waals surface area contributed by atoms with Crippen molar-refractivity contribution in [1.29, 1.82) is 0 Å². The van der Waals surface area contributed by atoms with Gasteiger partial charge in [0.1, 0.15) is 17.8 Å². The Balaban J connectivity index is 1.44. The molecule has 150 valence electrons. The van der Waals surface area contributed by atoms with Gasteiger partial charge in [0, 0.05) is 25.1 Å². The van der Waals surface area contributed by atoms with Crippen LogP contribution in [0.1, 0.15) is 15.9 Å². The SMILES string of the molecule is COc1ccc(C[C@@H]2NC(=O)[C@H]3CN(C(=O)c4ccccc4)CCN3C2=O)cc1. The predicted octanol–water partition coefficient (Wildman–Crippen LogP) is 1.09. The third kappa shape index (κ3) is 3.81. The lowest BCUT2D eigenvalue weighted by Crippen LogP contribution is -2.70. The second kappa shape index (κ2) is 7.95. The average molecular weight is 393 g/mol. The topological polar surface area (TPSA) is 79.0 Å². The summed E-state index contributed by atoms with van der Waals surface area (Å²) in [7, 11) is 1.60. The van der Waals surface area contributed by atoms with Gasteiger partial charge in [-0.2, -0.15) is 0 Å². The molecule has 2 saturated heterocycles. The highest BCUT2D eigenvalue weighted by Crippen LogP contribution is 2.20. The molecule has 3 amide bonds. The Kier molecular flexibility index (Phi) is 5.20. The molecule has 2 atom stereocenters. The van der Waals surface area contributed by atoms with Crippen LogP contribution in [0.15, 0.2) is 54.6 Å². The summed E-state index contributed by atoms with van der Waals surface area (Å²) in [6.45, 7) is 0.980. The van der Waals surface area contributed by atoms with Gasteiger partial charge in [0.2, 0.25) is 11.8 Å². The van der Waals surface area contributed by atoms with Gasteiger partial charge in [-0.1, -0.05) is 30.3 Å². The number of hydrogen-bond acceptors (Lipinski definition) is 4. The smallest absolute Gasteiger partial charge is 0.253 e. The molecule has 2 aliphatic rings. The first kappa shape index (κ1) is 19.0. The van der Waals surface area contributed by atoms with Gasteiger partial charge in [-0.15, -0.1) is 0 Å². The van der Waals surface area contributed by atoms with E-state index in [0.29, 0.717) is 25.1 Å². The number of piperazine rings is 2. The third-order valence-electron chi connectivity index (χ3n) is 5.49. The molecule has 2 aromatic carbocycles. The van der Waals surface area contributed by atoms with Crippen molar-refractivity contribution in [3.8, 4) is 5.75 Å². The van der Waals surface area contributed by atoms with Crippen molar-refractivity contribution in [3.05, 3.63) is 65.7 Å². The van der Waals surface area contributed by atoms with Gasteiger partial charge in [0.25, 0.3) is 5.91 Å². The number of ether oxygens (including phenoxy) is 1. The highest BCUT2D eigenvalue weighted by atomic mass is 16.5. The Morgan fingerprint density at radius 3 is 2.48 bits per heavy atom. The lowest BCUT2D eigenvalue weighted by atomic mass is 9.98. The minimum atomic E-state index is -0.643. The van der Waals surface area contributed by atoms with Gasteiger partial charge >= 0.3 is 0 Å². The molecule has 4 rings (SSSR count). The lowest BCUT2D eigenvalue weighted by Gasteiger charge is -2.45. The summed E-state index contributed by atoms with van der Waals surface area (Å²) in [4.78, 5) is 41.6. The molecule has 2 aliphatic heterocycles. The Labute approximate surface area is 169 Å². The summed E-state index contributed by atoms with van der Waals surface area (Å²) >= 11 is 0.